The number of hydrogen-bond acceptors (Lipinski definition) is 5. The summed E-state index contributed by atoms with van der Waals surface area (Å²) in [6.45, 7) is 6.28. The Kier molecular flexibility index (Phi) is 48.2. The first kappa shape index (κ1) is 60.8. The maximum Gasteiger partial charge on any atom is 0.306 e. The molecule has 0 radical (unpaired) electrons. The predicted octanol–water partition coefficient (Wildman–Crippen LogP) is 16.1. The molecule has 6 nitrogen and oxygen atoms in total. The third kappa shape index (κ3) is 45.4. The van der Waals surface area contributed by atoms with Crippen molar-refractivity contribution in [2.24, 2.45) is 0 Å². The van der Waals surface area contributed by atoms with Crippen LogP contribution < -0.4 is 5.32 Å². The zero-order chi connectivity index (χ0) is 46.7. The Balaban J connectivity index is 4.63. The Morgan fingerprint density at radius 2 is 0.922 bits per heavy atom. The molecule has 0 bridgehead atoms. The minimum absolute atomic E-state index is 0.0136. The lowest BCUT2D eigenvalue weighted by Gasteiger charge is -2.24. The van der Waals surface area contributed by atoms with Crippen LogP contribution in [0.5, 0.6) is 0 Å². The number of hydrogen-bond donors (Lipinski definition) is 3. The second kappa shape index (κ2) is 50.8. The molecule has 3 unspecified atom stereocenters. The SMILES string of the molecule is CC/C=C/C=C/C=C\C=C/CCCC(CC(=O)NC(CO)C(O)CCCCCCCCCCCCCCCCC)OC(=O)CCCCC/C=C\C/C=C\C/C=C\C/C=C\CCCCC. The number of allylic oxidation sites excluding steroid dienone is 16. The van der Waals surface area contributed by atoms with Crippen molar-refractivity contribution < 1.29 is 24.5 Å². The van der Waals surface area contributed by atoms with Crippen LogP contribution in [-0.2, 0) is 14.3 Å². The predicted molar refractivity (Wildman–Crippen MR) is 277 cm³/mol. The van der Waals surface area contributed by atoms with Crippen LogP contribution >= 0.6 is 0 Å². The van der Waals surface area contributed by atoms with Gasteiger partial charge in [0.1, 0.15) is 6.10 Å². The van der Waals surface area contributed by atoms with E-state index in [-0.39, 0.29) is 24.9 Å². The van der Waals surface area contributed by atoms with Crippen molar-refractivity contribution in [3.05, 3.63) is 97.2 Å². The lowest BCUT2D eigenvalue weighted by atomic mass is 10.0. The fourth-order valence-corrected chi connectivity index (χ4v) is 7.49. The summed E-state index contributed by atoms with van der Waals surface area (Å²) < 4.78 is 5.88. The molecule has 0 aromatic rings. The standard InChI is InChI=1S/C58H99NO5/c1-4-7-10-13-16-19-22-24-26-27-28-29-31-33-36-39-42-45-48-51-58(63)64-54(49-46-43-40-37-34-21-18-15-12-9-6-3)52-57(62)59-55(53-60)56(61)50-47-44-41-38-35-32-30-25-23-20-17-14-11-8-5-2/h9,12,15-16,18-19,21,24,26,28-29,33-34,36-37,40,54-56,60-61H,4-8,10-11,13-14,17,20,22-23,25,27,30-32,35,38-39,41-53H2,1-3H3,(H,59,62)/b12-9+,18-15+,19-16-,26-24-,29-28-,34-21-,36-33-,40-37-. The van der Waals surface area contributed by atoms with E-state index >= 15 is 0 Å². The molecule has 0 fully saturated rings. The Labute approximate surface area is 395 Å². The zero-order valence-electron chi connectivity index (χ0n) is 41.6. The fraction of sp³-hybridized carbons (Fsp3) is 0.690. The Morgan fingerprint density at radius 3 is 1.45 bits per heavy atom. The van der Waals surface area contributed by atoms with Gasteiger partial charge >= 0.3 is 5.97 Å². The second-order valence-corrected chi connectivity index (χ2v) is 17.6. The molecule has 1 amide bonds. The van der Waals surface area contributed by atoms with Crippen molar-refractivity contribution in [3.8, 4) is 0 Å². The molecular formula is C58H99NO5. The summed E-state index contributed by atoms with van der Waals surface area (Å²) in [6.07, 6.45) is 67.6. The number of ether oxygens (including phenoxy) is 1. The van der Waals surface area contributed by atoms with Crippen LogP contribution in [-0.4, -0.2) is 46.9 Å². The summed E-state index contributed by atoms with van der Waals surface area (Å²) in [5.41, 5.74) is 0. The van der Waals surface area contributed by atoms with Gasteiger partial charge in [0.2, 0.25) is 5.91 Å². The Hall–Kier alpha value is -3.22. The minimum atomic E-state index is -0.816. The van der Waals surface area contributed by atoms with Gasteiger partial charge in [-0.05, 0) is 83.5 Å². The molecule has 64 heavy (non-hydrogen) atoms. The van der Waals surface area contributed by atoms with Gasteiger partial charge in [0.15, 0.2) is 0 Å². The van der Waals surface area contributed by atoms with Crippen LogP contribution in [0.4, 0.5) is 0 Å². The monoisotopic (exact) mass is 890 g/mol. The summed E-state index contributed by atoms with van der Waals surface area (Å²) in [7, 11) is 0. The third-order valence-corrected chi connectivity index (χ3v) is 11.5. The van der Waals surface area contributed by atoms with Crippen molar-refractivity contribution in [2.75, 3.05) is 6.61 Å². The summed E-state index contributed by atoms with van der Waals surface area (Å²) in [4.78, 5) is 26.1. The number of aliphatic hydroxyl groups excluding tert-OH is 2. The van der Waals surface area contributed by atoms with Crippen molar-refractivity contribution in [1.29, 1.82) is 0 Å². The Bertz CT molecular complexity index is 1270. The molecule has 6 heteroatoms. The van der Waals surface area contributed by atoms with Crippen LogP contribution in [0.1, 0.15) is 233 Å². The smallest absolute Gasteiger partial charge is 0.306 e. The average molecular weight is 890 g/mol. The first-order valence-electron chi connectivity index (χ1n) is 26.5. The van der Waals surface area contributed by atoms with E-state index < -0.39 is 18.2 Å². The molecule has 0 spiro atoms. The molecular weight excluding hydrogens is 791 g/mol. The van der Waals surface area contributed by atoms with E-state index in [9.17, 15) is 19.8 Å². The number of amides is 1. The maximum absolute atomic E-state index is 13.2. The molecule has 0 heterocycles. The van der Waals surface area contributed by atoms with Gasteiger partial charge in [-0.2, -0.15) is 0 Å². The van der Waals surface area contributed by atoms with Crippen LogP contribution in [0.15, 0.2) is 97.2 Å². The molecule has 0 saturated carbocycles. The van der Waals surface area contributed by atoms with Gasteiger partial charge < -0.3 is 20.3 Å². The van der Waals surface area contributed by atoms with E-state index in [1.165, 1.54) is 103 Å². The highest BCUT2D eigenvalue weighted by molar-refractivity contribution is 5.77. The largest absolute Gasteiger partial charge is 0.462 e. The van der Waals surface area contributed by atoms with Crippen LogP contribution in [0.25, 0.3) is 0 Å². The van der Waals surface area contributed by atoms with Gasteiger partial charge in [-0.3, -0.25) is 9.59 Å². The van der Waals surface area contributed by atoms with E-state index in [4.69, 9.17) is 4.74 Å². The quantitative estimate of drug-likeness (QED) is 0.0245. The lowest BCUT2D eigenvalue weighted by Crippen LogP contribution is -2.46. The minimum Gasteiger partial charge on any atom is -0.462 e. The van der Waals surface area contributed by atoms with E-state index in [1.807, 2.05) is 36.5 Å². The summed E-state index contributed by atoms with van der Waals surface area (Å²) in [5.74, 6) is -0.585. The second-order valence-electron chi connectivity index (χ2n) is 17.6. The molecule has 0 rings (SSSR count). The first-order chi connectivity index (χ1) is 31.5. The highest BCUT2D eigenvalue weighted by atomic mass is 16.5. The molecule has 0 aromatic carbocycles. The van der Waals surface area contributed by atoms with Crippen molar-refractivity contribution >= 4 is 11.9 Å². The molecule has 0 aliphatic rings. The van der Waals surface area contributed by atoms with Crippen molar-refractivity contribution in [3.63, 3.8) is 0 Å². The molecule has 0 aliphatic heterocycles. The van der Waals surface area contributed by atoms with Crippen LogP contribution in [0.2, 0.25) is 0 Å². The number of aliphatic hydroxyl groups is 2. The van der Waals surface area contributed by atoms with Gasteiger partial charge in [0.05, 0.1) is 25.2 Å². The van der Waals surface area contributed by atoms with Gasteiger partial charge in [-0.15, -0.1) is 0 Å². The summed E-state index contributed by atoms with van der Waals surface area (Å²) >= 11 is 0. The molecule has 3 N–H and O–H groups in total. The normalized spacial score (nSPS) is 14.0. The van der Waals surface area contributed by atoms with Gasteiger partial charge in [-0.1, -0.05) is 234 Å². The lowest BCUT2D eigenvalue weighted by molar-refractivity contribution is -0.151. The number of nitrogens with one attached hydrogen (secondary N) is 1. The number of rotatable bonds is 46. The first-order valence-corrected chi connectivity index (χ1v) is 26.5. The summed E-state index contributed by atoms with van der Waals surface area (Å²) in [6, 6.07) is -0.735. The number of unbranched alkanes of at least 4 members (excludes halogenated alkanes) is 21. The maximum atomic E-state index is 13.2. The van der Waals surface area contributed by atoms with E-state index in [0.29, 0.717) is 19.3 Å². The summed E-state index contributed by atoms with van der Waals surface area (Å²) in [5, 5.41) is 23.8. The van der Waals surface area contributed by atoms with Crippen LogP contribution in [0.3, 0.4) is 0 Å². The van der Waals surface area contributed by atoms with Gasteiger partial charge in [0, 0.05) is 6.42 Å². The number of carbonyl (C=O) groups is 2. The highest BCUT2D eigenvalue weighted by Gasteiger charge is 2.24. The average Bonchev–Trinajstić information content (AvgIpc) is 3.29. The van der Waals surface area contributed by atoms with Crippen molar-refractivity contribution in [2.45, 2.75) is 251 Å². The van der Waals surface area contributed by atoms with Crippen molar-refractivity contribution in [1.82, 2.24) is 5.32 Å². The van der Waals surface area contributed by atoms with E-state index in [1.54, 1.807) is 0 Å². The third-order valence-electron chi connectivity index (χ3n) is 11.5. The molecule has 3 atom stereocenters. The van der Waals surface area contributed by atoms with E-state index in [2.05, 4.69) is 86.8 Å². The van der Waals surface area contributed by atoms with Crippen LogP contribution in [0, 0.1) is 0 Å². The molecule has 0 aromatic heterocycles. The van der Waals surface area contributed by atoms with E-state index in [0.717, 1.165) is 83.5 Å². The fourth-order valence-electron chi connectivity index (χ4n) is 7.49. The topological polar surface area (TPSA) is 95.9 Å². The molecule has 0 saturated heterocycles. The molecule has 0 aliphatic carbocycles. The van der Waals surface area contributed by atoms with Gasteiger partial charge in [0.25, 0.3) is 0 Å². The number of esters is 1. The zero-order valence-corrected chi connectivity index (χ0v) is 41.6. The number of carbonyl (C=O) groups excluding carboxylic acids is 2. The van der Waals surface area contributed by atoms with Gasteiger partial charge in [-0.25, -0.2) is 0 Å². The Morgan fingerprint density at radius 1 is 0.484 bits per heavy atom. The molecule has 366 valence electrons. The highest BCUT2D eigenvalue weighted by Crippen LogP contribution is 2.17.